The number of carbonyl (C=O) groups is 1. The van der Waals surface area contributed by atoms with Gasteiger partial charge in [0.05, 0.1) is 6.10 Å². The van der Waals surface area contributed by atoms with E-state index in [1.807, 2.05) is 6.26 Å². The van der Waals surface area contributed by atoms with Crippen molar-refractivity contribution in [3.8, 4) is 0 Å². The highest BCUT2D eigenvalue weighted by Crippen LogP contribution is 2.25. The summed E-state index contributed by atoms with van der Waals surface area (Å²) in [5, 5.41) is 13.0. The minimum absolute atomic E-state index is 0.113. The zero-order valence-corrected chi connectivity index (χ0v) is 12.4. The number of ether oxygens (including phenoxy) is 1. The van der Waals surface area contributed by atoms with E-state index >= 15 is 0 Å². The molecule has 1 heterocycles. The van der Waals surface area contributed by atoms with Crippen molar-refractivity contribution in [1.82, 2.24) is 9.97 Å². The number of thioether (sulfide) groups is 1. The summed E-state index contributed by atoms with van der Waals surface area (Å²) in [5.74, 6) is -0.613. The van der Waals surface area contributed by atoms with Crippen LogP contribution < -0.4 is 5.32 Å². The van der Waals surface area contributed by atoms with Crippen LogP contribution >= 0.6 is 11.8 Å². The van der Waals surface area contributed by atoms with Crippen LogP contribution in [-0.2, 0) is 4.74 Å². The second-order valence-electron chi connectivity index (χ2n) is 4.79. The van der Waals surface area contributed by atoms with Crippen molar-refractivity contribution in [1.29, 1.82) is 0 Å². The standard InChI is InChI=1S/C13H19N3O3S/c1-19-9-5-3-4-8(6-9)15-11-10(12(17)18)7-14-13(16-11)20-2/h7-9H,3-6H2,1-2H3,(H,17,18)(H,14,15,16)/t8-,9+/m1/s1. The molecular formula is C13H19N3O3S. The molecule has 0 spiro atoms. The van der Waals surface area contributed by atoms with Gasteiger partial charge >= 0.3 is 5.97 Å². The number of rotatable bonds is 5. The van der Waals surface area contributed by atoms with Crippen molar-refractivity contribution in [2.75, 3.05) is 18.7 Å². The third-order valence-electron chi connectivity index (χ3n) is 3.48. The predicted octanol–water partition coefficient (Wildman–Crippen LogP) is 2.27. The molecule has 0 amide bonds. The van der Waals surface area contributed by atoms with Crippen LogP contribution in [0.3, 0.4) is 0 Å². The van der Waals surface area contributed by atoms with E-state index in [1.165, 1.54) is 18.0 Å². The fourth-order valence-corrected chi connectivity index (χ4v) is 2.75. The van der Waals surface area contributed by atoms with Gasteiger partial charge in [0.25, 0.3) is 0 Å². The number of carboxylic acids is 1. The molecule has 2 N–H and O–H groups in total. The first-order valence-electron chi connectivity index (χ1n) is 6.57. The lowest BCUT2D eigenvalue weighted by Gasteiger charge is -2.29. The SMILES string of the molecule is CO[C@H]1CCC[C@@H](Nc2nc(SC)ncc2C(=O)O)C1. The molecule has 110 valence electrons. The van der Waals surface area contributed by atoms with Crippen LogP contribution in [0, 0.1) is 0 Å². The van der Waals surface area contributed by atoms with Gasteiger partial charge in [-0.25, -0.2) is 14.8 Å². The Bertz CT molecular complexity index is 484. The van der Waals surface area contributed by atoms with Crippen molar-refractivity contribution in [2.24, 2.45) is 0 Å². The molecule has 6 nitrogen and oxygen atoms in total. The molecule has 2 rings (SSSR count). The lowest BCUT2D eigenvalue weighted by atomic mass is 9.93. The van der Waals surface area contributed by atoms with Crippen molar-refractivity contribution in [2.45, 2.75) is 43.0 Å². The van der Waals surface area contributed by atoms with E-state index in [0.29, 0.717) is 11.0 Å². The smallest absolute Gasteiger partial charge is 0.341 e. The third kappa shape index (κ3) is 3.61. The monoisotopic (exact) mass is 297 g/mol. The molecule has 0 aliphatic heterocycles. The highest BCUT2D eigenvalue weighted by molar-refractivity contribution is 7.98. The van der Waals surface area contributed by atoms with Crippen LogP contribution in [0.2, 0.25) is 0 Å². The van der Waals surface area contributed by atoms with Crippen LogP contribution in [-0.4, -0.2) is 46.6 Å². The minimum atomic E-state index is -1.01. The number of methoxy groups -OCH3 is 1. The van der Waals surface area contributed by atoms with Gasteiger partial charge in [0.15, 0.2) is 5.16 Å². The third-order valence-corrected chi connectivity index (χ3v) is 4.04. The van der Waals surface area contributed by atoms with Crippen LogP contribution in [0.25, 0.3) is 0 Å². The molecule has 7 heteroatoms. The van der Waals surface area contributed by atoms with Crippen LogP contribution in [0.5, 0.6) is 0 Å². The quantitative estimate of drug-likeness (QED) is 0.637. The van der Waals surface area contributed by atoms with Crippen molar-refractivity contribution >= 4 is 23.5 Å². The predicted molar refractivity (Wildman–Crippen MR) is 77.4 cm³/mol. The Hall–Kier alpha value is -1.34. The molecular weight excluding hydrogens is 278 g/mol. The Morgan fingerprint density at radius 3 is 3.00 bits per heavy atom. The summed E-state index contributed by atoms with van der Waals surface area (Å²) in [6, 6.07) is 0.191. The lowest BCUT2D eigenvalue weighted by Crippen LogP contribution is -2.32. The molecule has 20 heavy (non-hydrogen) atoms. The van der Waals surface area contributed by atoms with Crippen molar-refractivity contribution in [3.05, 3.63) is 11.8 Å². The van der Waals surface area contributed by atoms with Gasteiger partial charge in [-0.05, 0) is 31.9 Å². The summed E-state index contributed by atoms with van der Waals surface area (Å²) in [6.45, 7) is 0. The van der Waals surface area contributed by atoms with Crippen molar-refractivity contribution in [3.63, 3.8) is 0 Å². The average molecular weight is 297 g/mol. The second-order valence-corrected chi connectivity index (χ2v) is 5.56. The summed E-state index contributed by atoms with van der Waals surface area (Å²) < 4.78 is 5.39. The zero-order chi connectivity index (χ0) is 14.5. The number of aromatic carboxylic acids is 1. The molecule has 1 aromatic rings. The first-order valence-corrected chi connectivity index (χ1v) is 7.80. The number of carboxylic acid groups (broad SMARTS) is 1. The summed E-state index contributed by atoms with van der Waals surface area (Å²) in [4.78, 5) is 19.5. The number of hydrogen-bond acceptors (Lipinski definition) is 6. The highest BCUT2D eigenvalue weighted by Gasteiger charge is 2.24. The second kappa shape index (κ2) is 6.90. The molecule has 2 atom stereocenters. The molecule has 0 bridgehead atoms. The summed E-state index contributed by atoms with van der Waals surface area (Å²) in [6.07, 6.45) is 7.45. The molecule has 1 saturated carbocycles. The van der Waals surface area contributed by atoms with Crippen LogP contribution in [0.1, 0.15) is 36.0 Å². The van der Waals surface area contributed by atoms with Crippen LogP contribution in [0.4, 0.5) is 5.82 Å². The fourth-order valence-electron chi connectivity index (χ4n) is 2.41. The van der Waals surface area contributed by atoms with E-state index in [4.69, 9.17) is 4.74 Å². The normalized spacial score (nSPS) is 22.5. The molecule has 0 saturated heterocycles. The summed E-state index contributed by atoms with van der Waals surface area (Å²) >= 11 is 1.39. The highest BCUT2D eigenvalue weighted by atomic mass is 32.2. The molecule has 0 aromatic carbocycles. The Kier molecular flexibility index (Phi) is 5.19. The molecule has 0 unspecified atom stereocenters. The Morgan fingerprint density at radius 1 is 1.55 bits per heavy atom. The van der Waals surface area contributed by atoms with Gasteiger partial charge in [0.2, 0.25) is 0 Å². The van der Waals surface area contributed by atoms with Gasteiger partial charge in [-0.3, -0.25) is 0 Å². The number of aromatic nitrogens is 2. The maximum Gasteiger partial charge on any atom is 0.341 e. The van der Waals surface area contributed by atoms with Gasteiger partial charge < -0.3 is 15.2 Å². The van der Waals surface area contributed by atoms with Gasteiger partial charge in [-0.1, -0.05) is 11.8 Å². The Morgan fingerprint density at radius 2 is 2.35 bits per heavy atom. The summed E-state index contributed by atoms with van der Waals surface area (Å²) in [7, 11) is 1.71. The number of nitrogens with one attached hydrogen (secondary N) is 1. The first kappa shape index (κ1) is 15.1. The van der Waals surface area contributed by atoms with Crippen molar-refractivity contribution < 1.29 is 14.6 Å². The zero-order valence-electron chi connectivity index (χ0n) is 11.6. The molecule has 0 radical (unpaired) electrons. The Labute approximate surface area is 122 Å². The van der Waals surface area contributed by atoms with E-state index in [1.54, 1.807) is 7.11 Å². The number of anilines is 1. The fraction of sp³-hybridized carbons (Fsp3) is 0.615. The largest absolute Gasteiger partial charge is 0.477 e. The van der Waals surface area contributed by atoms with E-state index in [-0.39, 0.29) is 17.7 Å². The van der Waals surface area contributed by atoms with E-state index in [9.17, 15) is 9.90 Å². The minimum Gasteiger partial charge on any atom is -0.477 e. The van der Waals surface area contributed by atoms with Gasteiger partial charge in [-0.2, -0.15) is 0 Å². The van der Waals surface area contributed by atoms with Gasteiger partial charge in [-0.15, -0.1) is 0 Å². The van der Waals surface area contributed by atoms with E-state index < -0.39 is 5.97 Å². The van der Waals surface area contributed by atoms with E-state index in [0.717, 1.165) is 25.7 Å². The van der Waals surface area contributed by atoms with Gasteiger partial charge in [0, 0.05) is 19.3 Å². The maximum atomic E-state index is 11.2. The number of hydrogen-bond donors (Lipinski definition) is 2. The average Bonchev–Trinajstić information content (AvgIpc) is 2.47. The van der Waals surface area contributed by atoms with Crippen LogP contribution in [0.15, 0.2) is 11.4 Å². The topological polar surface area (TPSA) is 84.3 Å². The maximum absolute atomic E-state index is 11.2. The molecule has 1 aliphatic rings. The Balaban J connectivity index is 2.16. The van der Waals surface area contributed by atoms with E-state index in [2.05, 4.69) is 15.3 Å². The summed E-state index contributed by atoms with van der Waals surface area (Å²) in [5.41, 5.74) is 0.113. The number of nitrogens with zero attached hydrogens (tertiary/aromatic N) is 2. The molecule has 1 fully saturated rings. The molecule has 1 aliphatic carbocycles. The first-order chi connectivity index (χ1) is 9.63. The lowest BCUT2D eigenvalue weighted by molar-refractivity contribution is 0.0667. The molecule has 1 aromatic heterocycles. The van der Waals surface area contributed by atoms with Gasteiger partial charge in [0.1, 0.15) is 11.4 Å².